The summed E-state index contributed by atoms with van der Waals surface area (Å²) < 4.78 is 5.42. The maximum absolute atomic E-state index is 12.5. The van der Waals surface area contributed by atoms with Gasteiger partial charge in [0.1, 0.15) is 11.4 Å². The molecule has 1 fully saturated rings. The van der Waals surface area contributed by atoms with E-state index in [-0.39, 0.29) is 11.8 Å². The highest BCUT2D eigenvalue weighted by Gasteiger charge is 2.25. The van der Waals surface area contributed by atoms with E-state index in [9.17, 15) is 9.59 Å². The molecule has 2 aromatic rings. The Morgan fingerprint density at radius 3 is 2.35 bits per heavy atom. The summed E-state index contributed by atoms with van der Waals surface area (Å²) in [5, 5.41) is 2.68. The molecule has 0 radical (unpaired) electrons. The van der Waals surface area contributed by atoms with Gasteiger partial charge in [-0.2, -0.15) is 0 Å². The van der Waals surface area contributed by atoms with E-state index in [1.54, 1.807) is 10.3 Å². The molecule has 3 rings (SSSR count). The molecule has 0 bridgehead atoms. The Labute approximate surface area is 157 Å². The summed E-state index contributed by atoms with van der Waals surface area (Å²) in [5.41, 5.74) is 1.47. The molecule has 26 heavy (non-hydrogen) atoms. The van der Waals surface area contributed by atoms with Crippen LogP contribution in [0.2, 0.25) is 0 Å². The zero-order valence-electron chi connectivity index (χ0n) is 15.1. The zero-order valence-corrected chi connectivity index (χ0v) is 15.9. The third kappa shape index (κ3) is 4.40. The van der Waals surface area contributed by atoms with Gasteiger partial charge in [0.25, 0.3) is 5.91 Å². The third-order valence-corrected chi connectivity index (χ3v) is 5.12. The van der Waals surface area contributed by atoms with Crippen molar-refractivity contribution in [2.24, 2.45) is 0 Å². The Morgan fingerprint density at radius 2 is 1.77 bits per heavy atom. The van der Waals surface area contributed by atoms with Gasteiger partial charge in [-0.05, 0) is 31.5 Å². The molecule has 7 heteroatoms. The Bertz CT molecular complexity index is 765. The Morgan fingerprint density at radius 1 is 1.12 bits per heavy atom. The lowest BCUT2D eigenvalue weighted by molar-refractivity contribution is -0.131. The van der Waals surface area contributed by atoms with Crippen LogP contribution in [0.15, 0.2) is 29.6 Å². The van der Waals surface area contributed by atoms with Gasteiger partial charge in [0.05, 0.1) is 18.0 Å². The minimum atomic E-state index is -0.0482. The number of aromatic nitrogens is 1. The van der Waals surface area contributed by atoms with Crippen molar-refractivity contribution in [3.05, 3.63) is 45.9 Å². The van der Waals surface area contributed by atoms with Gasteiger partial charge in [-0.25, -0.2) is 4.98 Å². The number of piperazine rings is 1. The number of carbonyl (C=O) groups is 2. The summed E-state index contributed by atoms with van der Waals surface area (Å²) in [6.45, 7) is 6.67. The first-order valence-corrected chi connectivity index (χ1v) is 9.65. The predicted octanol–water partition coefficient (Wildman–Crippen LogP) is 2.38. The predicted molar refractivity (Wildman–Crippen MR) is 101 cm³/mol. The lowest BCUT2D eigenvalue weighted by Gasteiger charge is -2.34. The molecule has 2 amide bonds. The molecule has 1 aliphatic rings. The average molecular weight is 373 g/mol. The number of amides is 2. The number of aryl methyl sites for hydroxylation is 1. The molecule has 1 aliphatic heterocycles. The minimum Gasteiger partial charge on any atom is -0.494 e. The van der Waals surface area contributed by atoms with E-state index < -0.39 is 0 Å². The van der Waals surface area contributed by atoms with Crippen LogP contribution in [0.25, 0.3) is 0 Å². The summed E-state index contributed by atoms with van der Waals surface area (Å²) >= 11 is 1.48. The van der Waals surface area contributed by atoms with Gasteiger partial charge < -0.3 is 14.5 Å². The molecular weight excluding hydrogens is 350 g/mol. The van der Waals surface area contributed by atoms with Crippen molar-refractivity contribution in [2.45, 2.75) is 20.3 Å². The Kier molecular flexibility index (Phi) is 5.88. The molecule has 1 aromatic carbocycles. The number of benzene rings is 1. The fourth-order valence-corrected chi connectivity index (χ4v) is 3.53. The van der Waals surface area contributed by atoms with Crippen molar-refractivity contribution in [1.29, 1.82) is 0 Å². The smallest absolute Gasteiger partial charge is 0.273 e. The lowest BCUT2D eigenvalue weighted by Crippen LogP contribution is -2.51. The van der Waals surface area contributed by atoms with Gasteiger partial charge in [-0.1, -0.05) is 12.1 Å². The molecular formula is C19H23N3O3S. The number of rotatable bonds is 5. The summed E-state index contributed by atoms with van der Waals surface area (Å²) in [7, 11) is 0. The zero-order chi connectivity index (χ0) is 18.5. The van der Waals surface area contributed by atoms with E-state index in [2.05, 4.69) is 4.98 Å². The van der Waals surface area contributed by atoms with Crippen molar-refractivity contribution >= 4 is 23.2 Å². The van der Waals surface area contributed by atoms with Crippen LogP contribution < -0.4 is 4.74 Å². The highest BCUT2D eigenvalue weighted by atomic mass is 32.1. The highest BCUT2D eigenvalue weighted by Crippen LogP contribution is 2.15. The van der Waals surface area contributed by atoms with Crippen LogP contribution in [0.1, 0.15) is 28.0 Å². The molecule has 0 unspecified atom stereocenters. The molecule has 1 saturated heterocycles. The Balaban J connectivity index is 1.51. The number of hydrogen-bond donors (Lipinski definition) is 0. The quantitative estimate of drug-likeness (QED) is 0.807. The van der Waals surface area contributed by atoms with E-state index in [1.165, 1.54) is 11.3 Å². The number of hydrogen-bond acceptors (Lipinski definition) is 5. The van der Waals surface area contributed by atoms with Gasteiger partial charge in [0.15, 0.2) is 0 Å². The van der Waals surface area contributed by atoms with Crippen LogP contribution >= 0.6 is 11.3 Å². The first-order valence-electron chi connectivity index (χ1n) is 8.77. The molecule has 0 aliphatic carbocycles. The molecule has 0 saturated carbocycles. The van der Waals surface area contributed by atoms with Crippen LogP contribution in [0.4, 0.5) is 0 Å². The maximum atomic E-state index is 12.5. The minimum absolute atomic E-state index is 0.0482. The molecule has 1 aromatic heterocycles. The lowest BCUT2D eigenvalue weighted by atomic mass is 10.1. The van der Waals surface area contributed by atoms with E-state index >= 15 is 0 Å². The van der Waals surface area contributed by atoms with Crippen molar-refractivity contribution < 1.29 is 14.3 Å². The molecule has 138 valence electrons. The van der Waals surface area contributed by atoms with Gasteiger partial charge in [0, 0.05) is 31.6 Å². The third-order valence-electron chi connectivity index (χ3n) is 4.35. The average Bonchev–Trinajstić information content (AvgIpc) is 3.09. The van der Waals surface area contributed by atoms with Crippen LogP contribution in [0.3, 0.4) is 0 Å². The summed E-state index contributed by atoms with van der Waals surface area (Å²) in [5.74, 6) is 0.854. The second-order valence-electron chi connectivity index (χ2n) is 6.18. The van der Waals surface area contributed by atoms with Crippen molar-refractivity contribution in [3.63, 3.8) is 0 Å². The van der Waals surface area contributed by atoms with E-state index in [0.29, 0.717) is 44.9 Å². The van der Waals surface area contributed by atoms with Crippen LogP contribution in [0, 0.1) is 6.92 Å². The number of thiazole rings is 1. The number of nitrogens with zero attached hydrogens (tertiary/aromatic N) is 3. The van der Waals surface area contributed by atoms with Gasteiger partial charge >= 0.3 is 0 Å². The van der Waals surface area contributed by atoms with Gasteiger partial charge in [-0.3, -0.25) is 9.59 Å². The standard InChI is InChI=1S/C19H23N3O3S/c1-3-25-16-6-4-15(5-7-16)12-18(23)21-8-10-22(11-9-21)19(24)17-13-26-14(2)20-17/h4-7,13H,3,8-12H2,1-2H3. The first-order chi connectivity index (χ1) is 12.6. The summed E-state index contributed by atoms with van der Waals surface area (Å²) in [6.07, 6.45) is 0.367. The van der Waals surface area contributed by atoms with E-state index in [1.807, 2.05) is 43.0 Å². The van der Waals surface area contributed by atoms with Crippen molar-refractivity contribution in [2.75, 3.05) is 32.8 Å². The topological polar surface area (TPSA) is 62.7 Å². The molecule has 2 heterocycles. The van der Waals surface area contributed by atoms with Crippen molar-refractivity contribution in [3.8, 4) is 5.75 Å². The summed E-state index contributed by atoms with van der Waals surface area (Å²) in [6, 6.07) is 7.62. The largest absolute Gasteiger partial charge is 0.494 e. The fourth-order valence-electron chi connectivity index (χ4n) is 2.94. The van der Waals surface area contributed by atoms with Crippen LogP contribution in [-0.4, -0.2) is 59.4 Å². The summed E-state index contributed by atoms with van der Waals surface area (Å²) in [4.78, 5) is 32.8. The second kappa shape index (κ2) is 8.31. The monoisotopic (exact) mass is 373 g/mol. The fraction of sp³-hybridized carbons (Fsp3) is 0.421. The highest BCUT2D eigenvalue weighted by molar-refractivity contribution is 7.09. The van der Waals surface area contributed by atoms with E-state index in [4.69, 9.17) is 4.74 Å². The van der Waals surface area contributed by atoms with Crippen molar-refractivity contribution in [1.82, 2.24) is 14.8 Å². The van der Waals surface area contributed by atoms with E-state index in [0.717, 1.165) is 16.3 Å². The second-order valence-corrected chi connectivity index (χ2v) is 7.24. The molecule has 0 N–H and O–H groups in total. The number of ether oxygens (including phenoxy) is 1. The molecule has 0 atom stereocenters. The SMILES string of the molecule is CCOc1ccc(CC(=O)N2CCN(C(=O)c3csc(C)n3)CC2)cc1. The van der Waals surface area contributed by atoms with Gasteiger partial charge in [-0.15, -0.1) is 11.3 Å². The first kappa shape index (κ1) is 18.4. The van der Waals surface area contributed by atoms with Gasteiger partial charge in [0.2, 0.25) is 5.91 Å². The molecule has 6 nitrogen and oxygen atoms in total. The Hall–Kier alpha value is -2.41. The van der Waals surface area contributed by atoms with Crippen LogP contribution in [0.5, 0.6) is 5.75 Å². The number of carbonyl (C=O) groups excluding carboxylic acids is 2. The normalized spacial score (nSPS) is 14.4. The molecule has 0 spiro atoms. The maximum Gasteiger partial charge on any atom is 0.273 e. The van der Waals surface area contributed by atoms with Crippen LogP contribution in [-0.2, 0) is 11.2 Å².